The van der Waals surface area contributed by atoms with Crippen molar-refractivity contribution in [2.45, 2.75) is 37.6 Å². The van der Waals surface area contributed by atoms with E-state index in [9.17, 15) is 4.79 Å². The van der Waals surface area contributed by atoms with Gasteiger partial charge in [-0.1, -0.05) is 60.7 Å². The number of fused-ring (bicyclic) bond motifs is 1. The van der Waals surface area contributed by atoms with E-state index in [1.54, 1.807) is 0 Å². The normalized spacial score (nSPS) is 14.2. The van der Waals surface area contributed by atoms with Gasteiger partial charge in [-0.3, -0.25) is 4.79 Å². The molecule has 0 saturated heterocycles. The molecule has 1 aliphatic rings. The molecule has 0 radical (unpaired) electrons. The van der Waals surface area contributed by atoms with Crippen molar-refractivity contribution in [2.75, 3.05) is 12.5 Å². The van der Waals surface area contributed by atoms with Crippen molar-refractivity contribution in [1.82, 2.24) is 4.90 Å². The number of carbonyl (C=O) groups excluding carboxylic acids is 1. The molecule has 0 aliphatic carbocycles. The molecule has 0 atom stereocenters. The number of aryl methyl sites for hydroxylation is 1. The van der Waals surface area contributed by atoms with Crippen LogP contribution < -0.4 is 0 Å². The first-order chi connectivity index (χ1) is 13.9. The van der Waals surface area contributed by atoms with E-state index in [4.69, 9.17) is 0 Å². The molecule has 0 aromatic heterocycles. The summed E-state index contributed by atoms with van der Waals surface area (Å²) in [5.41, 5.74) is 7.15. The minimum Gasteiger partial charge on any atom is -0.330 e. The first kappa shape index (κ1) is 19.8. The predicted molar refractivity (Wildman–Crippen MR) is 124 cm³/mol. The molecular formula is C26H29NOS. The van der Waals surface area contributed by atoms with Gasteiger partial charge in [-0.15, -0.1) is 0 Å². The molecule has 0 fully saturated rings. The summed E-state index contributed by atoms with van der Waals surface area (Å²) in [6, 6.07) is 23.3. The molecular weight excluding hydrogens is 374 g/mol. The van der Waals surface area contributed by atoms with Crippen LogP contribution in [0.2, 0.25) is 0 Å². The van der Waals surface area contributed by atoms with E-state index in [2.05, 4.69) is 74.9 Å². The lowest BCUT2D eigenvalue weighted by Gasteiger charge is -2.34. The van der Waals surface area contributed by atoms with Gasteiger partial charge in [0.25, 0.3) is 5.91 Å². The van der Waals surface area contributed by atoms with Crippen LogP contribution in [0.5, 0.6) is 0 Å². The summed E-state index contributed by atoms with van der Waals surface area (Å²) in [6.07, 6.45) is 4.79. The minimum absolute atomic E-state index is 0.173. The Hall–Kier alpha value is -2.52. The topological polar surface area (TPSA) is 20.3 Å². The number of amides is 1. The second-order valence-electron chi connectivity index (χ2n) is 8.49. The zero-order chi connectivity index (χ0) is 20.6. The second-order valence-corrected chi connectivity index (χ2v) is 12.3. The highest BCUT2D eigenvalue weighted by molar-refractivity contribution is 8.32. The molecule has 3 aromatic carbocycles. The number of rotatable bonds is 5. The maximum Gasteiger partial charge on any atom is 0.255 e. The summed E-state index contributed by atoms with van der Waals surface area (Å²) in [5, 5.41) is 0. The third kappa shape index (κ3) is 3.84. The lowest BCUT2D eigenvalue weighted by molar-refractivity contribution is 0.0766. The summed E-state index contributed by atoms with van der Waals surface area (Å²) in [6.45, 7) is 5.70. The molecule has 150 valence electrons. The van der Waals surface area contributed by atoms with E-state index in [1.807, 2.05) is 23.1 Å². The van der Waals surface area contributed by atoms with Crippen LogP contribution in [0.4, 0.5) is 0 Å². The molecule has 0 spiro atoms. The SMILES string of the molecule is Cc1cc(S(C)(C)Cc2ccccc2)c(C)c2c1C(=O)N(Cc1ccccc1)C2. The standard InChI is InChI=1S/C26H29NOS/c1-19-15-24(29(3,4)18-22-13-9-6-10-14-22)20(2)23-17-27(26(28)25(19)23)16-21-11-7-5-8-12-21/h5-15H,16-18H2,1-4H3. The third-order valence-corrected chi connectivity index (χ3v) is 8.57. The zero-order valence-corrected chi connectivity index (χ0v) is 18.6. The van der Waals surface area contributed by atoms with Crippen LogP contribution in [-0.2, 0) is 18.8 Å². The van der Waals surface area contributed by atoms with Crippen LogP contribution >= 0.6 is 10.0 Å². The van der Waals surface area contributed by atoms with Crippen LogP contribution in [0.1, 0.15) is 38.2 Å². The number of carbonyl (C=O) groups is 1. The molecule has 2 nitrogen and oxygen atoms in total. The number of hydrogen-bond acceptors (Lipinski definition) is 1. The van der Waals surface area contributed by atoms with E-state index in [0.29, 0.717) is 13.1 Å². The van der Waals surface area contributed by atoms with Gasteiger partial charge in [0.05, 0.1) is 0 Å². The largest absolute Gasteiger partial charge is 0.330 e. The zero-order valence-electron chi connectivity index (χ0n) is 17.7. The van der Waals surface area contributed by atoms with E-state index >= 15 is 0 Å². The Morgan fingerprint density at radius 3 is 2.10 bits per heavy atom. The molecule has 3 aromatic rings. The van der Waals surface area contributed by atoms with Gasteiger partial charge in [0.1, 0.15) is 0 Å². The number of hydrogen-bond donors (Lipinski definition) is 0. The van der Waals surface area contributed by atoms with Crippen molar-refractivity contribution >= 4 is 15.9 Å². The third-order valence-electron chi connectivity index (χ3n) is 5.90. The molecule has 0 N–H and O–H groups in total. The van der Waals surface area contributed by atoms with Gasteiger partial charge >= 0.3 is 0 Å². The molecule has 0 unspecified atom stereocenters. The van der Waals surface area contributed by atoms with E-state index in [0.717, 1.165) is 16.9 Å². The molecule has 29 heavy (non-hydrogen) atoms. The second kappa shape index (κ2) is 7.72. The molecule has 4 rings (SSSR count). The van der Waals surface area contributed by atoms with Crippen LogP contribution in [0, 0.1) is 13.8 Å². The highest BCUT2D eigenvalue weighted by Gasteiger charge is 2.33. The number of nitrogens with zero attached hydrogens (tertiary/aromatic N) is 1. The highest BCUT2D eigenvalue weighted by Crippen LogP contribution is 2.55. The quantitative estimate of drug-likeness (QED) is 0.505. The van der Waals surface area contributed by atoms with E-state index < -0.39 is 10.0 Å². The van der Waals surface area contributed by atoms with Crippen molar-refractivity contribution in [1.29, 1.82) is 0 Å². The predicted octanol–water partition coefficient (Wildman–Crippen LogP) is 6.08. The fourth-order valence-corrected chi connectivity index (χ4v) is 7.07. The Kier molecular flexibility index (Phi) is 5.26. The van der Waals surface area contributed by atoms with Crippen LogP contribution in [0.25, 0.3) is 0 Å². The maximum absolute atomic E-state index is 13.2. The minimum atomic E-state index is -1.01. The Morgan fingerprint density at radius 1 is 0.897 bits per heavy atom. The van der Waals surface area contributed by atoms with Crippen molar-refractivity contribution < 1.29 is 4.79 Å². The lowest BCUT2D eigenvalue weighted by Crippen LogP contribution is -2.23. The van der Waals surface area contributed by atoms with Gasteiger partial charge in [-0.25, -0.2) is 10.0 Å². The fourth-order valence-electron chi connectivity index (χ4n) is 4.44. The fraction of sp³-hybridized carbons (Fsp3) is 0.269. The van der Waals surface area contributed by atoms with Gasteiger partial charge in [0, 0.05) is 24.4 Å². The molecule has 1 heterocycles. The maximum atomic E-state index is 13.2. The van der Waals surface area contributed by atoms with Gasteiger partial charge in [0.2, 0.25) is 0 Å². The molecule has 1 amide bonds. The van der Waals surface area contributed by atoms with Crippen molar-refractivity contribution in [3.63, 3.8) is 0 Å². The first-order valence-corrected chi connectivity index (χ1v) is 12.7. The molecule has 0 bridgehead atoms. The summed E-state index contributed by atoms with van der Waals surface area (Å²) < 4.78 is 0. The first-order valence-electron chi connectivity index (χ1n) is 10.1. The summed E-state index contributed by atoms with van der Waals surface area (Å²) in [5.74, 6) is 1.24. The average Bonchev–Trinajstić information content (AvgIpc) is 3.03. The Labute approximate surface area is 175 Å². The van der Waals surface area contributed by atoms with Crippen molar-refractivity contribution in [2.24, 2.45) is 0 Å². The number of benzene rings is 3. The average molecular weight is 404 g/mol. The van der Waals surface area contributed by atoms with Crippen LogP contribution in [-0.4, -0.2) is 23.3 Å². The molecule has 1 aliphatic heterocycles. The van der Waals surface area contributed by atoms with E-state index in [1.165, 1.54) is 27.1 Å². The van der Waals surface area contributed by atoms with Gasteiger partial charge in [-0.05, 0) is 65.1 Å². The van der Waals surface area contributed by atoms with Crippen LogP contribution in [0.15, 0.2) is 71.6 Å². The van der Waals surface area contributed by atoms with Crippen LogP contribution in [0.3, 0.4) is 0 Å². The van der Waals surface area contributed by atoms with E-state index in [-0.39, 0.29) is 5.91 Å². The van der Waals surface area contributed by atoms with Gasteiger partial charge in [-0.2, -0.15) is 0 Å². The van der Waals surface area contributed by atoms with Gasteiger partial charge < -0.3 is 4.90 Å². The monoisotopic (exact) mass is 403 g/mol. The summed E-state index contributed by atoms with van der Waals surface area (Å²) >= 11 is 0. The molecule has 0 saturated carbocycles. The smallest absolute Gasteiger partial charge is 0.255 e. The Balaban J connectivity index is 1.67. The van der Waals surface area contributed by atoms with Gasteiger partial charge in [0.15, 0.2) is 0 Å². The lowest BCUT2D eigenvalue weighted by atomic mass is 9.99. The summed E-state index contributed by atoms with van der Waals surface area (Å²) in [7, 11) is -1.01. The van der Waals surface area contributed by atoms with Crippen molar-refractivity contribution in [3.05, 3.63) is 100 Å². The highest BCUT2D eigenvalue weighted by atomic mass is 32.3. The molecule has 3 heteroatoms. The Morgan fingerprint density at radius 2 is 1.48 bits per heavy atom. The summed E-state index contributed by atoms with van der Waals surface area (Å²) in [4.78, 5) is 16.6. The Bertz CT molecular complexity index is 1040. The van der Waals surface area contributed by atoms with Crippen molar-refractivity contribution in [3.8, 4) is 0 Å².